The van der Waals surface area contributed by atoms with Gasteiger partial charge in [-0.3, -0.25) is 0 Å². The van der Waals surface area contributed by atoms with Gasteiger partial charge < -0.3 is 10.1 Å². The number of hydrogen-bond acceptors (Lipinski definition) is 6. The van der Waals surface area contributed by atoms with Crippen molar-refractivity contribution in [1.82, 2.24) is 25.5 Å². The highest BCUT2D eigenvalue weighted by Crippen LogP contribution is 2.27. The molecule has 0 bridgehead atoms. The molecular formula is C24H23BrClN5OS. The Kier molecular flexibility index (Phi) is 8.77. The molecule has 0 fully saturated rings. The number of nitrogens with one attached hydrogen (secondary N) is 1. The quantitative estimate of drug-likeness (QED) is 0.187. The van der Waals surface area contributed by atoms with E-state index in [0.717, 1.165) is 56.9 Å². The minimum Gasteiger partial charge on any atom is -0.488 e. The van der Waals surface area contributed by atoms with Gasteiger partial charge in [-0.05, 0) is 86.8 Å². The Morgan fingerprint density at radius 3 is 2.58 bits per heavy atom. The first-order chi connectivity index (χ1) is 16.2. The van der Waals surface area contributed by atoms with Crippen molar-refractivity contribution in [3.8, 4) is 11.4 Å². The van der Waals surface area contributed by atoms with E-state index in [2.05, 4.69) is 48.9 Å². The minimum atomic E-state index is 0.499. The van der Waals surface area contributed by atoms with E-state index >= 15 is 0 Å². The van der Waals surface area contributed by atoms with E-state index in [4.69, 9.17) is 16.3 Å². The standard InChI is InChI=1S/C24H23BrClN5OS/c25-22-15-19(9-12-23(22)32-17-18-7-10-20(26)11-8-18)16-27-13-4-14-33-24-28-29-30-31(24)21-5-2-1-3-6-21/h1-3,5-12,15,27H,4,13-14,16-17H2. The van der Waals surface area contributed by atoms with Crippen molar-refractivity contribution in [3.63, 3.8) is 0 Å². The molecule has 0 saturated heterocycles. The molecule has 33 heavy (non-hydrogen) atoms. The minimum absolute atomic E-state index is 0.499. The number of tetrazole rings is 1. The van der Waals surface area contributed by atoms with E-state index < -0.39 is 0 Å². The molecule has 0 unspecified atom stereocenters. The normalized spacial score (nSPS) is 11.0. The smallest absolute Gasteiger partial charge is 0.214 e. The molecule has 170 valence electrons. The SMILES string of the molecule is Clc1ccc(COc2ccc(CNCCCSc3nnnn3-c3ccccc3)cc2Br)cc1. The third-order valence-electron chi connectivity index (χ3n) is 4.80. The van der Waals surface area contributed by atoms with Gasteiger partial charge in [0.15, 0.2) is 0 Å². The third-order valence-corrected chi connectivity index (χ3v) is 6.68. The second-order valence-corrected chi connectivity index (χ2v) is 9.62. The van der Waals surface area contributed by atoms with Crippen LogP contribution in [0.1, 0.15) is 17.5 Å². The molecule has 0 spiro atoms. The van der Waals surface area contributed by atoms with Gasteiger partial charge in [0, 0.05) is 17.3 Å². The number of benzene rings is 3. The van der Waals surface area contributed by atoms with Gasteiger partial charge in [0.2, 0.25) is 5.16 Å². The fourth-order valence-corrected chi connectivity index (χ4v) is 4.60. The molecule has 9 heteroatoms. The van der Waals surface area contributed by atoms with Crippen LogP contribution in [0.15, 0.2) is 82.4 Å². The van der Waals surface area contributed by atoms with Gasteiger partial charge in [0.05, 0.1) is 10.2 Å². The van der Waals surface area contributed by atoms with E-state index in [1.165, 1.54) is 5.56 Å². The Labute approximate surface area is 210 Å². The van der Waals surface area contributed by atoms with E-state index in [1.807, 2.05) is 60.7 Å². The lowest BCUT2D eigenvalue weighted by Crippen LogP contribution is -2.15. The van der Waals surface area contributed by atoms with Crippen molar-refractivity contribution >= 4 is 39.3 Å². The summed E-state index contributed by atoms with van der Waals surface area (Å²) in [7, 11) is 0. The Balaban J connectivity index is 1.17. The Morgan fingerprint density at radius 2 is 1.79 bits per heavy atom. The van der Waals surface area contributed by atoms with Crippen molar-refractivity contribution in [2.24, 2.45) is 0 Å². The van der Waals surface area contributed by atoms with Gasteiger partial charge in [0.1, 0.15) is 12.4 Å². The van der Waals surface area contributed by atoms with Crippen LogP contribution >= 0.6 is 39.3 Å². The lowest BCUT2D eigenvalue weighted by Gasteiger charge is -2.11. The Bertz CT molecular complexity index is 1160. The second kappa shape index (κ2) is 12.2. The van der Waals surface area contributed by atoms with Crippen LogP contribution in [0.4, 0.5) is 0 Å². The molecule has 1 N–H and O–H groups in total. The monoisotopic (exact) mass is 543 g/mol. The van der Waals surface area contributed by atoms with Gasteiger partial charge in [0.25, 0.3) is 0 Å². The van der Waals surface area contributed by atoms with Gasteiger partial charge in [-0.2, -0.15) is 4.68 Å². The van der Waals surface area contributed by atoms with Crippen LogP contribution < -0.4 is 10.1 Å². The number of para-hydroxylation sites is 1. The molecule has 1 heterocycles. The maximum absolute atomic E-state index is 5.93. The fraction of sp³-hybridized carbons (Fsp3) is 0.208. The number of thioether (sulfide) groups is 1. The first-order valence-electron chi connectivity index (χ1n) is 10.5. The van der Waals surface area contributed by atoms with E-state index in [-0.39, 0.29) is 0 Å². The van der Waals surface area contributed by atoms with Crippen molar-refractivity contribution in [1.29, 1.82) is 0 Å². The number of hydrogen-bond donors (Lipinski definition) is 1. The highest BCUT2D eigenvalue weighted by molar-refractivity contribution is 9.10. The maximum Gasteiger partial charge on any atom is 0.214 e. The van der Waals surface area contributed by atoms with Gasteiger partial charge in [-0.25, -0.2) is 0 Å². The number of rotatable bonds is 11. The largest absolute Gasteiger partial charge is 0.488 e. The maximum atomic E-state index is 5.93. The van der Waals surface area contributed by atoms with Crippen LogP contribution in [0.3, 0.4) is 0 Å². The van der Waals surface area contributed by atoms with Gasteiger partial charge >= 0.3 is 0 Å². The topological polar surface area (TPSA) is 64.9 Å². The van der Waals surface area contributed by atoms with Gasteiger partial charge in [-0.15, -0.1) is 5.10 Å². The first-order valence-corrected chi connectivity index (χ1v) is 12.7. The van der Waals surface area contributed by atoms with Crippen molar-refractivity contribution < 1.29 is 4.74 Å². The lowest BCUT2D eigenvalue weighted by molar-refractivity contribution is 0.304. The molecule has 4 rings (SSSR count). The summed E-state index contributed by atoms with van der Waals surface area (Å²) in [6, 6.07) is 23.8. The van der Waals surface area contributed by atoms with Crippen molar-refractivity contribution in [3.05, 3.63) is 93.4 Å². The summed E-state index contributed by atoms with van der Waals surface area (Å²) in [4.78, 5) is 0. The summed E-state index contributed by atoms with van der Waals surface area (Å²) in [6.07, 6.45) is 1.01. The predicted octanol–water partition coefficient (Wildman–Crippen LogP) is 5.93. The van der Waals surface area contributed by atoms with E-state index in [0.29, 0.717) is 6.61 Å². The zero-order valence-corrected chi connectivity index (χ0v) is 21.0. The Morgan fingerprint density at radius 1 is 1.00 bits per heavy atom. The predicted molar refractivity (Wildman–Crippen MR) is 136 cm³/mol. The number of aromatic nitrogens is 4. The summed E-state index contributed by atoms with van der Waals surface area (Å²) in [5.74, 6) is 1.75. The Hall–Kier alpha value is -2.39. The zero-order valence-electron chi connectivity index (χ0n) is 17.8. The molecule has 0 aliphatic carbocycles. The summed E-state index contributed by atoms with van der Waals surface area (Å²) in [5.41, 5.74) is 3.24. The molecule has 4 aromatic rings. The van der Waals surface area contributed by atoms with Crippen LogP contribution in [-0.4, -0.2) is 32.5 Å². The second-order valence-electron chi connectivity index (χ2n) is 7.27. The molecule has 6 nitrogen and oxygen atoms in total. The summed E-state index contributed by atoms with van der Waals surface area (Å²) < 4.78 is 8.63. The molecule has 0 amide bonds. The zero-order chi connectivity index (χ0) is 22.9. The van der Waals surface area contributed by atoms with E-state index in [1.54, 1.807) is 16.4 Å². The highest BCUT2D eigenvalue weighted by atomic mass is 79.9. The van der Waals surface area contributed by atoms with Crippen molar-refractivity contribution in [2.75, 3.05) is 12.3 Å². The highest BCUT2D eigenvalue weighted by Gasteiger charge is 2.08. The molecule has 0 saturated carbocycles. The summed E-state index contributed by atoms with van der Waals surface area (Å²) in [5, 5.41) is 17.1. The average molecular weight is 545 g/mol. The summed E-state index contributed by atoms with van der Waals surface area (Å²) >= 11 is 11.2. The fourth-order valence-electron chi connectivity index (χ4n) is 3.11. The van der Waals surface area contributed by atoms with Crippen LogP contribution in [0.25, 0.3) is 5.69 Å². The number of ether oxygens (including phenoxy) is 1. The molecule has 3 aromatic carbocycles. The van der Waals surface area contributed by atoms with Crippen LogP contribution in [-0.2, 0) is 13.2 Å². The average Bonchev–Trinajstić information content (AvgIpc) is 3.31. The van der Waals surface area contributed by atoms with Crippen LogP contribution in [0, 0.1) is 0 Å². The first kappa shape index (κ1) is 23.8. The molecular weight excluding hydrogens is 522 g/mol. The summed E-state index contributed by atoms with van der Waals surface area (Å²) in [6.45, 7) is 2.20. The van der Waals surface area contributed by atoms with E-state index in [9.17, 15) is 0 Å². The third kappa shape index (κ3) is 7.04. The molecule has 0 radical (unpaired) electrons. The van der Waals surface area contributed by atoms with Crippen LogP contribution in [0.2, 0.25) is 5.02 Å². The van der Waals surface area contributed by atoms with Crippen molar-refractivity contribution in [2.45, 2.75) is 24.7 Å². The molecule has 0 aliphatic heterocycles. The number of nitrogens with zero attached hydrogens (tertiary/aromatic N) is 4. The number of halogens is 2. The molecule has 1 aromatic heterocycles. The molecule has 0 aliphatic rings. The van der Waals surface area contributed by atoms with Gasteiger partial charge in [-0.1, -0.05) is 59.8 Å². The van der Waals surface area contributed by atoms with Crippen LogP contribution in [0.5, 0.6) is 5.75 Å². The lowest BCUT2D eigenvalue weighted by atomic mass is 10.2. The molecule has 0 atom stereocenters.